The van der Waals surface area contributed by atoms with Crippen molar-refractivity contribution in [2.24, 2.45) is 44.3 Å². The SMILES string of the molecule is CC1(C)CC[C@]2(CO)[C@@H](O)C[C@]3(C)C(=CC=C4[C@@]5(C)CC[C@H](O)[C@@](C)(CO)[C@@H]5CC[C@]43C)[C@@H]2C1. The standard InChI is InChI=1S/C30H48O4/c1-25(2)13-14-30(18-32)20(15-25)19-7-8-22-26(3)11-10-23(33)27(4,17-31)21(26)9-12-28(22,5)29(19,6)16-24(30)34/h7-8,20-21,23-24,31-34H,9-18H2,1-6H3/t20-,21+,23-,24-,26-,27-,28+,29+,30+/m0/s1. The monoisotopic (exact) mass is 472 g/mol. The molecule has 0 spiro atoms. The van der Waals surface area contributed by atoms with Gasteiger partial charge in [0.15, 0.2) is 0 Å². The maximum atomic E-state index is 11.7. The van der Waals surface area contributed by atoms with Gasteiger partial charge >= 0.3 is 0 Å². The molecule has 0 saturated heterocycles. The first-order valence-electron chi connectivity index (χ1n) is 13.8. The second-order valence-corrected chi connectivity index (χ2v) is 14.6. The van der Waals surface area contributed by atoms with E-state index in [0.717, 1.165) is 44.9 Å². The van der Waals surface area contributed by atoms with Gasteiger partial charge in [-0.05, 0) is 79.4 Å². The highest BCUT2D eigenvalue weighted by Crippen LogP contribution is 2.74. The zero-order valence-corrected chi connectivity index (χ0v) is 22.3. The van der Waals surface area contributed by atoms with Crippen LogP contribution in [0.15, 0.2) is 23.3 Å². The molecular formula is C30H48O4. The molecule has 34 heavy (non-hydrogen) atoms. The highest BCUT2D eigenvalue weighted by Gasteiger charge is 2.68. The van der Waals surface area contributed by atoms with Crippen molar-refractivity contribution in [3.8, 4) is 0 Å². The van der Waals surface area contributed by atoms with Crippen molar-refractivity contribution >= 4 is 0 Å². The average molecular weight is 473 g/mol. The van der Waals surface area contributed by atoms with Gasteiger partial charge in [-0.3, -0.25) is 0 Å². The molecule has 9 atom stereocenters. The summed E-state index contributed by atoms with van der Waals surface area (Å²) in [6.07, 6.45) is 11.1. The smallest absolute Gasteiger partial charge is 0.0632 e. The van der Waals surface area contributed by atoms with Crippen LogP contribution in [0.4, 0.5) is 0 Å². The molecule has 5 rings (SSSR count). The molecule has 4 N–H and O–H groups in total. The van der Waals surface area contributed by atoms with E-state index in [1.165, 1.54) is 11.1 Å². The third kappa shape index (κ3) is 2.86. The molecule has 5 aliphatic rings. The predicted molar refractivity (Wildman–Crippen MR) is 135 cm³/mol. The fourth-order valence-corrected chi connectivity index (χ4v) is 10.1. The molecule has 0 unspecified atom stereocenters. The van der Waals surface area contributed by atoms with Crippen LogP contribution in [0.5, 0.6) is 0 Å². The minimum Gasteiger partial charge on any atom is -0.396 e. The Labute approximate surface area is 206 Å². The van der Waals surface area contributed by atoms with Crippen LogP contribution in [0.3, 0.4) is 0 Å². The van der Waals surface area contributed by atoms with Crippen LogP contribution in [0.25, 0.3) is 0 Å². The van der Waals surface area contributed by atoms with E-state index in [1.807, 2.05) is 0 Å². The highest BCUT2D eigenvalue weighted by molar-refractivity contribution is 5.46. The second-order valence-electron chi connectivity index (χ2n) is 14.6. The third-order valence-electron chi connectivity index (χ3n) is 12.7. The molecule has 5 aliphatic carbocycles. The lowest BCUT2D eigenvalue weighted by molar-refractivity contribution is -0.169. The van der Waals surface area contributed by atoms with E-state index in [2.05, 4.69) is 53.7 Å². The highest BCUT2D eigenvalue weighted by atomic mass is 16.3. The van der Waals surface area contributed by atoms with Gasteiger partial charge in [0.2, 0.25) is 0 Å². The van der Waals surface area contributed by atoms with Crippen LogP contribution in [0.2, 0.25) is 0 Å². The Balaban J connectivity index is 1.66. The molecule has 0 heterocycles. The van der Waals surface area contributed by atoms with Crippen LogP contribution in [0.1, 0.15) is 92.9 Å². The lowest BCUT2D eigenvalue weighted by Crippen LogP contribution is -2.64. The van der Waals surface area contributed by atoms with Crippen molar-refractivity contribution in [2.75, 3.05) is 13.2 Å². The lowest BCUT2D eigenvalue weighted by Gasteiger charge is -2.69. The number of allylic oxidation sites excluding steroid dienone is 4. The first-order valence-corrected chi connectivity index (χ1v) is 13.8. The molecule has 4 heteroatoms. The minimum absolute atomic E-state index is 0.0195. The van der Waals surface area contributed by atoms with Crippen molar-refractivity contribution < 1.29 is 20.4 Å². The van der Waals surface area contributed by atoms with Gasteiger partial charge in [0.05, 0.1) is 25.4 Å². The second kappa shape index (κ2) is 7.43. The summed E-state index contributed by atoms with van der Waals surface area (Å²) >= 11 is 0. The number of aliphatic hydroxyl groups excluding tert-OH is 4. The molecule has 4 nitrogen and oxygen atoms in total. The summed E-state index contributed by atoms with van der Waals surface area (Å²) < 4.78 is 0. The third-order valence-corrected chi connectivity index (χ3v) is 12.7. The predicted octanol–water partition coefficient (Wildman–Crippen LogP) is 5.00. The maximum absolute atomic E-state index is 11.7. The van der Waals surface area contributed by atoms with E-state index in [9.17, 15) is 20.4 Å². The van der Waals surface area contributed by atoms with E-state index in [-0.39, 0.29) is 46.7 Å². The molecule has 4 saturated carbocycles. The summed E-state index contributed by atoms with van der Waals surface area (Å²) in [6, 6.07) is 0. The maximum Gasteiger partial charge on any atom is 0.0632 e. The Bertz CT molecular complexity index is 921. The van der Waals surface area contributed by atoms with Gasteiger partial charge in [0, 0.05) is 16.2 Å². The largest absolute Gasteiger partial charge is 0.396 e. The van der Waals surface area contributed by atoms with Crippen molar-refractivity contribution in [1.29, 1.82) is 0 Å². The molecule has 0 amide bonds. The number of rotatable bonds is 2. The van der Waals surface area contributed by atoms with Crippen LogP contribution >= 0.6 is 0 Å². The molecule has 4 fully saturated rings. The zero-order chi connectivity index (χ0) is 24.9. The van der Waals surface area contributed by atoms with Gasteiger partial charge in [-0.1, -0.05) is 64.8 Å². The fraction of sp³-hybridized carbons (Fsp3) is 0.867. The molecule has 192 valence electrons. The van der Waals surface area contributed by atoms with E-state index < -0.39 is 23.0 Å². The molecule has 0 bridgehead atoms. The fourth-order valence-electron chi connectivity index (χ4n) is 10.1. The molecule has 0 aromatic heterocycles. The van der Waals surface area contributed by atoms with Crippen molar-refractivity contribution in [2.45, 2.75) is 105 Å². The molecular weight excluding hydrogens is 424 g/mol. The van der Waals surface area contributed by atoms with E-state index in [4.69, 9.17) is 0 Å². The van der Waals surface area contributed by atoms with Crippen molar-refractivity contribution in [3.63, 3.8) is 0 Å². The quantitative estimate of drug-likeness (QED) is 0.456. The average Bonchev–Trinajstić information content (AvgIpc) is 2.77. The van der Waals surface area contributed by atoms with E-state index in [0.29, 0.717) is 6.42 Å². The summed E-state index contributed by atoms with van der Waals surface area (Å²) in [5.74, 6) is 0.441. The number of fused-ring (bicyclic) bond motifs is 7. The topological polar surface area (TPSA) is 80.9 Å². The zero-order valence-electron chi connectivity index (χ0n) is 22.3. The van der Waals surface area contributed by atoms with Crippen LogP contribution in [-0.4, -0.2) is 45.8 Å². The van der Waals surface area contributed by atoms with Gasteiger partial charge in [-0.2, -0.15) is 0 Å². The molecule has 0 aliphatic heterocycles. The van der Waals surface area contributed by atoms with Crippen LogP contribution in [0, 0.1) is 44.3 Å². The lowest BCUT2D eigenvalue weighted by atomic mass is 9.35. The minimum atomic E-state index is -0.502. The van der Waals surface area contributed by atoms with Crippen LogP contribution < -0.4 is 0 Å². The summed E-state index contributed by atoms with van der Waals surface area (Å²) in [7, 11) is 0. The first kappa shape index (κ1) is 25.0. The summed E-state index contributed by atoms with van der Waals surface area (Å²) in [6.45, 7) is 14.0. The van der Waals surface area contributed by atoms with Gasteiger partial charge < -0.3 is 20.4 Å². The molecule has 0 aromatic rings. The Kier molecular flexibility index (Phi) is 5.46. The van der Waals surface area contributed by atoms with Crippen molar-refractivity contribution in [3.05, 3.63) is 23.3 Å². The molecule has 0 aromatic carbocycles. The van der Waals surface area contributed by atoms with Gasteiger partial charge in [-0.15, -0.1) is 0 Å². The molecule has 0 radical (unpaired) electrons. The summed E-state index contributed by atoms with van der Waals surface area (Å²) in [4.78, 5) is 0. The van der Waals surface area contributed by atoms with Gasteiger partial charge in [0.1, 0.15) is 0 Å². The Morgan fingerprint density at radius 3 is 2.12 bits per heavy atom. The van der Waals surface area contributed by atoms with E-state index in [1.54, 1.807) is 0 Å². The number of aliphatic hydroxyl groups is 4. The Hall–Kier alpha value is -0.680. The summed E-state index contributed by atoms with van der Waals surface area (Å²) in [5.41, 5.74) is 1.91. The normalized spacial score (nSPS) is 54.1. The number of hydrogen-bond acceptors (Lipinski definition) is 4. The van der Waals surface area contributed by atoms with Crippen molar-refractivity contribution in [1.82, 2.24) is 0 Å². The number of hydrogen-bond donors (Lipinski definition) is 4. The summed E-state index contributed by atoms with van der Waals surface area (Å²) in [5, 5.41) is 43.7. The van der Waals surface area contributed by atoms with Gasteiger partial charge in [0.25, 0.3) is 0 Å². The van der Waals surface area contributed by atoms with Gasteiger partial charge in [-0.25, -0.2) is 0 Å². The Morgan fingerprint density at radius 2 is 1.47 bits per heavy atom. The van der Waals surface area contributed by atoms with Crippen LogP contribution in [-0.2, 0) is 0 Å². The Morgan fingerprint density at radius 1 is 0.765 bits per heavy atom. The first-order chi connectivity index (χ1) is 15.7. The van der Waals surface area contributed by atoms with E-state index >= 15 is 0 Å².